The molecule has 2 aromatic carbocycles. The Bertz CT molecular complexity index is 2200. The first-order chi connectivity index (χ1) is 25.0. The number of amides is 4. The highest BCUT2D eigenvalue weighted by atomic mass is 79.9. The van der Waals surface area contributed by atoms with Crippen molar-refractivity contribution in [1.29, 1.82) is 0 Å². The predicted molar refractivity (Wildman–Crippen MR) is 199 cm³/mol. The number of aromatic nitrogens is 4. The summed E-state index contributed by atoms with van der Waals surface area (Å²) in [6, 6.07) is 14.4. The van der Waals surface area contributed by atoms with Crippen molar-refractivity contribution in [3.63, 3.8) is 0 Å². The van der Waals surface area contributed by atoms with Gasteiger partial charge in [-0.3, -0.25) is 19.2 Å². The highest BCUT2D eigenvalue weighted by molar-refractivity contribution is 9.10. The van der Waals surface area contributed by atoms with Gasteiger partial charge in [0.2, 0.25) is 11.2 Å². The van der Waals surface area contributed by atoms with Gasteiger partial charge in [0, 0.05) is 61.2 Å². The van der Waals surface area contributed by atoms with Crippen LogP contribution in [0.4, 0.5) is 11.6 Å². The number of hydrogen-bond donors (Lipinski definition) is 6. The topological polar surface area (TPSA) is 271 Å². The second-order valence-corrected chi connectivity index (χ2v) is 12.8. The molecule has 0 spiro atoms. The number of rotatable bonds is 4. The molecule has 2 aliphatic rings. The number of halogens is 1. The molecule has 53 heavy (non-hydrogen) atoms. The van der Waals surface area contributed by atoms with E-state index in [-0.39, 0.29) is 35.4 Å². The molecule has 2 saturated heterocycles. The number of primary amides is 2. The fraction of sp³-hybridized carbons (Fsp3) is 0.222. The molecule has 0 radical (unpaired) electrons. The summed E-state index contributed by atoms with van der Waals surface area (Å²) in [6.07, 6.45) is 8.51. The number of hydrogen-bond acceptors (Lipinski definition) is 12. The lowest BCUT2D eigenvalue weighted by Crippen LogP contribution is -2.37. The van der Waals surface area contributed by atoms with Crippen LogP contribution in [-0.2, 0) is 9.59 Å². The van der Waals surface area contributed by atoms with Crippen LogP contribution in [0.5, 0.6) is 0 Å². The average molecular weight is 784 g/mol. The lowest BCUT2D eigenvalue weighted by Gasteiger charge is -2.13. The molecule has 17 heteroatoms. The zero-order valence-electron chi connectivity index (χ0n) is 28.6. The van der Waals surface area contributed by atoms with E-state index >= 15 is 0 Å². The maximum absolute atomic E-state index is 12.0. The summed E-state index contributed by atoms with van der Waals surface area (Å²) in [5, 5.41) is 19.7. The third-order valence-corrected chi connectivity index (χ3v) is 8.51. The van der Waals surface area contributed by atoms with Gasteiger partial charge in [-0.25, -0.2) is 19.9 Å². The van der Waals surface area contributed by atoms with E-state index in [4.69, 9.17) is 29.4 Å². The number of likely N-dealkylation sites (tertiary alicyclic amines) is 2. The van der Waals surface area contributed by atoms with E-state index in [1.165, 1.54) is 22.2 Å². The first kappa shape index (κ1) is 39.4. The van der Waals surface area contributed by atoms with Gasteiger partial charge in [0.1, 0.15) is 0 Å². The summed E-state index contributed by atoms with van der Waals surface area (Å²) in [5.74, 6) is 5.34. The van der Waals surface area contributed by atoms with Gasteiger partial charge in [-0.2, -0.15) is 0 Å². The van der Waals surface area contributed by atoms with Crippen molar-refractivity contribution in [3.05, 3.63) is 82.3 Å². The smallest absolute Gasteiger partial charge is 0.271 e. The minimum absolute atomic E-state index is 0.0116. The normalized spacial score (nSPS) is 18.8. The number of aliphatic hydroxyl groups is 2. The second-order valence-electron chi connectivity index (χ2n) is 11.9. The van der Waals surface area contributed by atoms with Crippen LogP contribution in [0.2, 0.25) is 0 Å². The fourth-order valence-corrected chi connectivity index (χ4v) is 5.37. The molecule has 2 fully saturated rings. The largest absolute Gasteiger partial charge is 0.382 e. The maximum atomic E-state index is 12.0. The molecule has 2 aliphatic heterocycles. The number of nitrogen functional groups attached to an aromatic ring is 2. The highest BCUT2D eigenvalue weighted by Gasteiger charge is 2.43. The van der Waals surface area contributed by atoms with Gasteiger partial charge in [0.25, 0.3) is 23.6 Å². The standard InChI is InChI=1S/C18H17N5O3.C11H9BrN4O.C7H9NO2/c1-23-8-7-18(26,17(23)25)6-5-11-3-2-4-12(9-11)13-10-21-15(19)14(22-13)16(20)24;12-7-3-1-2-6(4-7)8-5-15-10(13)9(16-8)11(14)17;1-3-7(10)4-5-8(2)6(7)9/h2-4,9-10,26H,7-8H2,1H3,(H2,19,21)(H2,20,24);1-5H,(H2,13,15)(H2,14,17);1,10H,4-5H2,2H3/t18-;;7-/m0.0/s1. The van der Waals surface area contributed by atoms with Crippen LogP contribution in [0, 0.1) is 24.2 Å². The fourth-order valence-electron chi connectivity index (χ4n) is 4.97. The number of nitrogens with two attached hydrogens (primary N) is 4. The zero-order valence-corrected chi connectivity index (χ0v) is 30.2. The van der Waals surface area contributed by atoms with Crippen LogP contribution in [-0.4, -0.2) is 102 Å². The Labute approximate surface area is 312 Å². The van der Waals surface area contributed by atoms with Crippen molar-refractivity contribution >= 4 is 51.2 Å². The van der Waals surface area contributed by atoms with Gasteiger partial charge in [-0.1, -0.05) is 58.0 Å². The second kappa shape index (κ2) is 16.3. The lowest BCUT2D eigenvalue weighted by atomic mass is 10.0. The minimum Gasteiger partial charge on any atom is -0.382 e. The summed E-state index contributed by atoms with van der Waals surface area (Å²) in [4.78, 5) is 64.4. The molecule has 0 saturated carbocycles. The molecule has 272 valence electrons. The quantitative estimate of drug-likeness (QED) is 0.155. The SMILES string of the molecule is C#C[C@]1(O)CCN(C)C1=O.CN1CC[C@@](O)(C#Cc2cccc(-c3cnc(N)c(C(N)=O)n3)c2)C1=O.NC(=O)c1nc(-c2cccc(Br)c2)cnc1N. The van der Waals surface area contributed by atoms with Crippen molar-refractivity contribution < 1.29 is 29.4 Å². The number of nitrogens with zero attached hydrogens (tertiary/aromatic N) is 6. The minimum atomic E-state index is -1.66. The van der Waals surface area contributed by atoms with Crippen molar-refractivity contribution in [2.45, 2.75) is 24.0 Å². The summed E-state index contributed by atoms with van der Waals surface area (Å²) < 4.78 is 0.911. The maximum Gasteiger partial charge on any atom is 0.271 e. The molecule has 4 amide bonds. The van der Waals surface area contributed by atoms with Crippen molar-refractivity contribution in [2.75, 3.05) is 38.7 Å². The van der Waals surface area contributed by atoms with Crippen molar-refractivity contribution in [2.24, 2.45) is 11.5 Å². The predicted octanol–water partition coefficient (Wildman–Crippen LogP) is 0.569. The van der Waals surface area contributed by atoms with Gasteiger partial charge in [0.15, 0.2) is 23.0 Å². The van der Waals surface area contributed by atoms with E-state index in [0.717, 1.165) is 10.0 Å². The monoisotopic (exact) mass is 782 g/mol. The van der Waals surface area contributed by atoms with E-state index in [1.807, 2.05) is 24.3 Å². The highest BCUT2D eigenvalue weighted by Crippen LogP contribution is 2.24. The third kappa shape index (κ3) is 9.29. The van der Waals surface area contributed by atoms with Crippen LogP contribution in [0.25, 0.3) is 22.5 Å². The number of terminal acetylenes is 1. The molecule has 10 N–H and O–H groups in total. The van der Waals surface area contributed by atoms with Gasteiger partial charge in [-0.15, -0.1) is 6.42 Å². The van der Waals surface area contributed by atoms with E-state index in [0.29, 0.717) is 42.0 Å². The van der Waals surface area contributed by atoms with Gasteiger partial charge < -0.3 is 42.9 Å². The van der Waals surface area contributed by atoms with Crippen LogP contribution in [0.1, 0.15) is 39.4 Å². The van der Waals surface area contributed by atoms with Crippen molar-refractivity contribution in [3.8, 4) is 46.7 Å². The first-order valence-electron chi connectivity index (χ1n) is 15.7. The molecule has 0 unspecified atom stereocenters. The van der Waals surface area contributed by atoms with E-state index in [2.05, 4.69) is 53.6 Å². The van der Waals surface area contributed by atoms with Crippen LogP contribution < -0.4 is 22.9 Å². The number of benzene rings is 2. The molecular weight excluding hydrogens is 748 g/mol. The molecule has 2 aromatic heterocycles. The average Bonchev–Trinajstić information content (AvgIpc) is 3.56. The Balaban J connectivity index is 0.000000198. The van der Waals surface area contributed by atoms with Crippen molar-refractivity contribution in [1.82, 2.24) is 29.7 Å². The van der Waals surface area contributed by atoms with Crippen LogP contribution in [0.15, 0.2) is 65.4 Å². The van der Waals surface area contributed by atoms with Crippen LogP contribution in [0.3, 0.4) is 0 Å². The number of anilines is 2. The Hall–Kier alpha value is -6.40. The molecule has 2 atom stereocenters. The van der Waals surface area contributed by atoms with E-state index in [1.54, 1.807) is 38.4 Å². The van der Waals surface area contributed by atoms with Gasteiger partial charge in [-0.05, 0) is 24.3 Å². The molecule has 0 bridgehead atoms. The Morgan fingerprint density at radius 1 is 0.811 bits per heavy atom. The number of likely N-dealkylation sites (N-methyl/N-ethyl adjacent to an activating group) is 2. The lowest BCUT2D eigenvalue weighted by molar-refractivity contribution is -0.138. The van der Waals surface area contributed by atoms with Gasteiger partial charge >= 0.3 is 0 Å². The Morgan fingerprint density at radius 3 is 1.70 bits per heavy atom. The summed E-state index contributed by atoms with van der Waals surface area (Å²) >= 11 is 3.36. The van der Waals surface area contributed by atoms with Gasteiger partial charge in [0.05, 0.1) is 23.8 Å². The summed E-state index contributed by atoms with van der Waals surface area (Å²) in [6.45, 7) is 1.00. The van der Waals surface area contributed by atoms with E-state index in [9.17, 15) is 29.4 Å². The Kier molecular flexibility index (Phi) is 12.1. The summed E-state index contributed by atoms with van der Waals surface area (Å²) in [7, 11) is 3.25. The third-order valence-electron chi connectivity index (χ3n) is 8.02. The molecule has 4 heterocycles. The molecule has 16 nitrogen and oxygen atoms in total. The molecular formula is C36H35BrN10O6. The summed E-state index contributed by atoms with van der Waals surface area (Å²) in [5.41, 5.74) is 21.2. The molecule has 4 aromatic rings. The molecule has 0 aliphatic carbocycles. The number of carbonyl (C=O) groups excluding carboxylic acids is 4. The molecule has 6 rings (SSSR count). The number of carbonyl (C=O) groups is 4. The zero-order chi connectivity index (χ0) is 39.1. The van der Waals surface area contributed by atoms with Crippen LogP contribution >= 0.6 is 15.9 Å². The Morgan fingerprint density at radius 2 is 1.28 bits per heavy atom. The van der Waals surface area contributed by atoms with E-state index < -0.39 is 28.9 Å². The first-order valence-corrected chi connectivity index (χ1v) is 16.4.